The third kappa shape index (κ3) is 3.15. The van der Waals surface area contributed by atoms with E-state index >= 15 is 0 Å². The van der Waals surface area contributed by atoms with Gasteiger partial charge in [0.05, 0.1) is 19.2 Å². The lowest BCUT2D eigenvalue weighted by atomic mass is 9.92. The summed E-state index contributed by atoms with van der Waals surface area (Å²) < 4.78 is 12.4. The van der Waals surface area contributed by atoms with Crippen molar-refractivity contribution in [1.29, 1.82) is 0 Å². The molecule has 4 aromatic rings. The Morgan fingerprint density at radius 1 is 1.06 bits per heavy atom. The molecule has 0 bridgehead atoms. The minimum absolute atomic E-state index is 0.267. The average Bonchev–Trinajstić information content (AvgIpc) is 3.26. The predicted octanol–water partition coefficient (Wildman–Crippen LogP) is 3.44. The summed E-state index contributed by atoms with van der Waals surface area (Å²) in [7, 11) is 3.10. The number of aromatic nitrogens is 6. The van der Waals surface area contributed by atoms with Crippen LogP contribution >= 0.6 is 23.2 Å². The molecule has 0 saturated carbocycles. The average molecular weight is 472 g/mol. The van der Waals surface area contributed by atoms with Gasteiger partial charge in [0, 0.05) is 16.1 Å². The molecule has 2 N–H and O–H groups in total. The molecule has 1 atom stereocenters. The largest absolute Gasteiger partial charge is 0.493 e. The first-order valence-electron chi connectivity index (χ1n) is 9.36. The number of anilines is 2. The Bertz CT molecular complexity index is 1400. The van der Waals surface area contributed by atoms with E-state index < -0.39 is 11.6 Å². The van der Waals surface area contributed by atoms with Crippen molar-refractivity contribution < 1.29 is 9.47 Å². The van der Waals surface area contributed by atoms with Gasteiger partial charge in [0.2, 0.25) is 5.95 Å². The Hall–Kier alpha value is -3.63. The predicted molar refractivity (Wildman–Crippen MR) is 118 cm³/mol. The molecule has 32 heavy (non-hydrogen) atoms. The van der Waals surface area contributed by atoms with Gasteiger partial charge in [0.15, 0.2) is 11.5 Å². The Morgan fingerprint density at radius 3 is 2.62 bits per heavy atom. The fourth-order valence-corrected chi connectivity index (χ4v) is 4.25. The maximum absolute atomic E-state index is 12.8. The number of halogens is 2. The summed E-state index contributed by atoms with van der Waals surface area (Å²) in [6.45, 7) is 0. The molecule has 0 spiro atoms. The van der Waals surface area contributed by atoms with E-state index in [2.05, 4.69) is 31.0 Å². The lowest BCUT2D eigenvalue weighted by molar-refractivity contribution is 0.354. The number of nitrogens with one attached hydrogen (secondary N) is 2. The van der Waals surface area contributed by atoms with Crippen LogP contribution in [0.2, 0.25) is 10.0 Å². The topological polar surface area (TPSA) is 120 Å². The van der Waals surface area contributed by atoms with Crippen molar-refractivity contribution in [3.63, 3.8) is 0 Å². The smallest absolute Gasteiger partial charge is 0.288 e. The van der Waals surface area contributed by atoms with Crippen LogP contribution in [-0.4, -0.2) is 44.6 Å². The maximum Gasteiger partial charge on any atom is 0.288 e. The van der Waals surface area contributed by atoms with Crippen molar-refractivity contribution in [3.8, 4) is 22.8 Å². The van der Waals surface area contributed by atoms with Gasteiger partial charge < -0.3 is 14.8 Å². The third-order valence-electron chi connectivity index (χ3n) is 5.18. The standard InChI is InChI=1S/C20H15Cl2N7O3/c1-31-13-6-3-9(7-14(13)32-2)18-15-16(11-5-4-10(21)8-12(11)22)24-25-19(30)17(15)23-20-26-27-28-29(18)20/h3-8,18H,1-2H3,(H,25,30)(H,23,26,28)/t18-/m0/s1. The van der Waals surface area contributed by atoms with Gasteiger partial charge >= 0.3 is 0 Å². The van der Waals surface area contributed by atoms with Crippen molar-refractivity contribution in [1.82, 2.24) is 30.4 Å². The molecule has 2 aromatic heterocycles. The van der Waals surface area contributed by atoms with Gasteiger partial charge in [-0.15, -0.1) is 0 Å². The molecule has 12 heteroatoms. The minimum Gasteiger partial charge on any atom is -0.493 e. The molecule has 10 nitrogen and oxygen atoms in total. The fourth-order valence-electron chi connectivity index (χ4n) is 3.76. The van der Waals surface area contributed by atoms with Gasteiger partial charge in [-0.25, -0.2) is 5.10 Å². The van der Waals surface area contributed by atoms with Crippen LogP contribution in [0.5, 0.6) is 11.5 Å². The van der Waals surface area contributed by atoms with E-state index in [1.807, 2.05) is 6.07 Å². The molecule has 162 valence electrons. The SMILES string of the molecule is COc1ccc([C@H]2c3c(-c4ccc(Cl)cc4Cl)n[nH]c(=O)c3Nc3nnnn32)cc1OC. The normalized spacial score (nSPS) is 14.3. The molecule has 5 rings (SSSR count). The molecule has 0 aliphatic carbocycles. The van der Waals surface area contributed by atoms with Crippen molar-refractivity contribution in [2.24, 2.45) is 0 Å². The zero-order valence-electron chi connectivity index (χ0n) is 16.8. The van der Waals surface area contributed by atoms with E-state index in [9.17, 15) is 4.79 Å². The third-order valence-corrected chi connectivity index (χ3v) is 5.73. The fraction of sp³-hybridized carbons (Fsp3) is 0.150. The second-order valence-electron chi connectivity index (χ2n) is 6.90. The second-order valence-corrected chi connectivity index (χ2v) is 7.75. The summed E-state index contributed by atoms with van der Waals surface area (Å²) in [5, 5.41) is 22.6. The molecule has 0 unspecified atom stereocenters. The molecule has 0 amide bonds. The van der Waals surface area contributed by atoms with Crippen LogP contribution in [0.1, 0.15) is 17.2 Å². The van der Waals surface area contributed by atoms with Crippen LogP contribution in [0.4, 0.5) is 11.6 Å². The minimum atomic E-state index is -0.604. The Morgan fingerprint density at radius 2 is 1.88 bits per heavy atom. The van der Waals surface area contributed by atoms with Gasteiger partial charge in [-0.2, -0.15) is 9.78 Å². The van der Waals surface area contributed by atoms with E-state index in [0.29, 0.717) is 44.3 Å². The van der Waals surface area contributed by atoms with Crippen LogP contribution in [0.15, 0.2) is 41.2 Å². The summed E-state index contributed by atoms with van der Waals surface area (Å²) in [6, 6.07) is 9.88. The zero-order valence-corrected chi connectivity index (χ0v) is 18.3. The first kappa shape index (κ1) is 20.3. The molecular weight excluding hydrogens is 457 g/mol. The number of benzene rings is 2. The highest BCUT2D eigenvalue weighted by atomic mass is 35.5. The molecule has 0 saturated heterocycles. The number of ether oxygens (including phenoxy) is 2. The second kappa shape index (κ2) is 7.81. The first-order valence-corrected chi connectivity index (χ1v) is 10.1. The van der Waals surface area contributed by atoms with E-state index in [4.69, 9.17) is 32.7 Å². The van der Waals surface area contributed by atoms with E-state index in [1.54, 1.807) is 49.2 Å². The lowest BCUT2D eigenvalue weighted by Gasteiger charge is -2.28. The number of rotatable bonds is 4. The highest BCUT2D eigenvalue weighted by molar-refractivity contribution is 6.36. The van der Waals surface area contributed by atoms with Gasteiger partial charge in [-0.1, -0.05) is 34.4 Å². The number of H-pyrrole nitrogens is 1. The van der Waals surface area contributed by atoms with Crippen LogP contribution in [0, 0.1) is 0 Å². The molecule has 2 aromatic carbocycles. The van der Waals surface area contributed by atoms with E-state index in [1.165, 1.54) is 0 Å². The number of hydrogen-bond acceptors (Lipinski definition) is 8. The number of tetrazole rings is 1. The zero-order chi connectivity index (χ0) is 22.4. The Labute approximate surface area is 191 Å². The first-order chi connectivity index (χ1) is 15.5. The summed E-state index contributed by atoms with van der Waals surface area (Å²) in [5.41, 5.74) is 2.18. The Balaban J connectivity index is 1.81. The summed E-state index contributed by atoms with van der Waals surface area (Å²) in [6.07, 6.45) is 0. The maximum atomic E-state index is 12.8. The highest BCUT2D eigenvalue weighted by Crippen LogP contribution is 2.44. The summed E-state index contributed by atoms with van der Waals surface area (Å²) >= 11 is 12.6. The summed E-state index contributed by atoms with van der Waals surface area (Å²) in [5.74, 6) is 1.39. The van der Waals surface area contributed by atoms with E-state index in [0.717, 1.165) is 5.56 Å². The van der Waals surface area contributed by atoms with Gasteiger partial charge in [-0.3, -0.25) is 4.79 Å². The van der Waals surface area contributed by atoms with Crippen molar-refractivity contribution in [2.45, 2.75) is 6.04 Å². The van der Waals surface area contributed by atoms with Crippen molar-refractivity contribution in [3.05, 3.63) is 67.9 Å². The number of methoxy groups -OCH3 is 2. The number of fused-ring (bicyclic) bond motifs is 2. The van der Waals surface area contributed by atoms with Crippen molar-refractivity contribution in [2.75, 3.05) is 19.5 Å². The molecule has 0 radical (unpaired) electrons. The number of aromatic amines is 1. The molecular formula is C20H15Cl2N7O3. The van der Waals surface area contributed by atoms with Gasteiger partial charge in [-0.05, 0) is 46.3 Å². The summed E-state index contributed by atoms with van der Waals surface area (Å²) in [4.78, 5) is 12.8. The van der Waals surface area contributed by atoms with Crippen LogP contribution < -0.4 is 20.3 Å². The molecule has 0 fully saturated rings. The number of nitrogens with zero attached hydrogens (tertiary/aromatic N) is 5. The van der Waals surface area contributed by atoms with Crippen LogP contribution in [0.3, 0.4) is 0 Å². The van der Waals surface area contributed by atoms with Crippen LogP contribution in [0.25, 0.3) is 11.3 Å². The molecule has 1 aliphatic heterocycles. The highest BCUT2D eigenvalue weighted by Gasteiger charge is 2.35. The van der Waals surface area contributed by atoms with Crippen LogP contribution in [-0.2, 0) is 0 Å². The van der Waals surface area contributed by atoms with Crippen molar-refractivity contribution >= 4 is 34.8 Å². The lowest BCUT2D eigenvalue weighted by Crippen LogP contribution is -2.29. The van der Waals surface area contributed by atoms with E-state index in [-0.39, 0.29) is 5.69 Å². The monoisotopic (exact) mass is 471 g/mol. The quantitative estimate of drug-likeness (QED) is 0.408. The van der Waals surface area contributed by atoms with Gasteiger partial charge in [0.25, 0.3) is 5.56 Å². The molecule has 1 aliphatic rings. The number of hydrogen-bond donors (Lipinski definition) is 2. The molecule has 3 heterocycles. The Kier molecular flexibility index (Phi) is 4.95. The van der Waals surface area contributed by atoms with Gasteiger partial charge in [0.1, 0.15) is 17.4 Å².